The standard InChI is InChI=1S/C25H24N2O5/c1-30-20-12-8-18(9-13-20)16-27(19-10-11-19)24(28)17-31-25(29)22-6-2-3-7-23(22)32-21-5-4-14-26-15-21/h2-9,12-15,19H,10-11,16-17H2,1H3. The molecule has 0 spiro atoms. The molecular weight excluding hydrogens is 408 g/mol. The van der Waals surface area contributed by atoms with Gasteiger partial charge in [-0.05, 0) is 54.8 Å². The van der Waals surface area contributed by atoms with E-state index in [-0.39, 0.29) is 24.1 Å². The maximum atomic E-state index is 12.8. The van der Waals surface area contributed by atoms with E-state index < -0.39 is 5.97 Å². The summed E-state index contributed by atoms with van der Waals surface area (Å²) in [6, 6.07) is 18.0. The lowest BCUT2D eigenvalue weighted by molar-refractivity contribution is -0.135. The van der Waals surface area contributed by atoms with E-state index in [1.165, 1.54) is 0 Å². The van der Waals surface area contributed by atoms with Crippen LogP contribution in [0.15, 0.2) is 73.1 Å². The third-order valence-electron chi connectivity index (χ3n) is 5.12. The van der Waals surface area contributed by atoms with Gasteiger partial charge in [-0.15, -0.1) is 0 Å². The van der Waals surface area contributed by atoms with Gasteiger partial charge in [-0.3, -0.25) is 9.78 Å². The molecule has 1 saturated carbocycles. The molecule has 7 nitrogen and oxygen atoms in total. The van der Waals surface area contributed by atoms with Crippen LogP contribution in [0.5, 0.6) is 17.2 Å². The number of nitrogens with zero attached hydrogens (tertiary/aromatic N) is 2. The number of hydrogen-bond acceptors (Lipinski definition) is 6. The van der Waals surface area contributed by atoms with Crippen LogP contribution in [-0.4, -0.2) is 41.5 Å². The van der Waals surface area contributed by atoms with Crippen LogP contribution in [0.4, 0.5) is 0 Å². The number of para-hydroxylation sites is 1. The third kappa shape index (κ3) is 5.43. The van der Waals surface area contributed by atoms with E-state index in [0.29, 0.717) is 18.0 Å². The molecule has 2 aromatic carbocycles. The molecule has 1 aliphatic carbocycles. The Balaban J connectivity index is 1.39. The molecule has 0 atom stereocenters. The lowest BCUT2D eigenvalue weighted by atomic mass is 10.2. The normalized spacial score (nSPS) is 12.7. The fraction of sp³-hybridized carbons (Fsp3) is 0.240. The van der Waals surface area contributed by atoms with Crippen LogP contribution in [0.25, 0.3) is 0 Å². The molecule has 1 aromatic heterocycles. The fourth-order valence-electron chi connectivity index (χ4n) is 3.28. The zero-order chi connectivity index (χ0) is 22.3. The first-order valence-corrected chi connectivity index (χ1v) is 10.4. The molecule has 32 heavy (non-hydrogen) atoms. The number of rotatable bonds is 9. The van der Waals surface area contributed by atoms with Crippen molar-refractivity contribution in [1.29, 1.82) is 0 Å². The van der Waals surface area contributed by atoms with Gasteiger partial charge >= 0.3 is 5.97 Å². The van der Waals surface area contributed by atoms with E-state index in [1.54, 1.807) is 60.8 Å². The number of pyridine rings is 1. The Hall–Kier alpha value is -3.87. The van der Waals surface area contributed by atoms with E-state index in [1.807, 2.05) is 24.3 Å². The Morgan fingerprint density at radius 3 is 2.47 bits per heavy atom. The molecule has 0 radical (unpaired) electrons. The van der Waals surface area contributed by atoms with Crippen molar-refractivity contribution < 1.29 is 23.8 Å². The van der Waals surface area contributed by atoms with Gasteiger partial charge in [0.25, 0.3) is 5.91 Å². The number of carbonyl (C=O) groups excluding carboxylic acids is 2. The summed E-state index contributed by atoms with van der Waals surface area (Å²) in [6.07, 6.45) is 5.10. The first-order chi connectivity index (χ1) is 15.6. The molecule has 3 aromatic rings. The topological polar surface area (TPSA) is 78.0 Å². The largest absolute Gasteiger partial charge is 0.497 e. The summed E-state index contributed by atoms with van der Waals surface area (Å²) in [5, 5.41) is 0. The minimum absolute atomic E-state index is 0.185. The summed E-state index contributed by atoms with van der Waals surface area (Å²) >= 11 is 0. The van der Waals surface area contributed by atoms with Gasteiger partial charge in [-0.2, -0.15) is 0 Å². The van der Waals surface area contributed by atoms with E-state index in [0.717, 1.165) is 24.2 Å². The van der Waals surface area contributed by atoms with Crippen LogP contribution in [0.2, 0.25) is 0 Å². The molecule has 1 aliphatic rings. The molecule has 164 valence electrons. The molecule has 7 heteroatoms. The van der Waals surface area contributed by atoms with Crippen LogP contribution in [-0.2, 0) is 16.1 Å². The van der Waals surface area contributed by atoms with E-state index in [9.17, 15) is 9.59 Å². The van der Waals surface area contributed by atoms with E-state index in [2.05, 4.69) is 4.98 Å². The zero-order valence-corrected chi connectivity index (χ0v) is 17.8. The van der Waals surface area contributed by atoms with Gasteiger partial charge < -0.3 is 19.1 Å². The second-order valence-electron chi connectivity index (χ2n) is 7.46. The lowest BCUT2D eigenvalue weighted by Gasteiger charge is -2.22. The Bertz CT molecular complexity index is 1070. The lowest BCUT2D eigenvalue weighted by Crippen LogP contribution is -2.36. The Morgan fingerprint density at radius 1 is 1.00 bits per heavy atom. The van der Waals surface area contributed by atoms with Crippen LogP contribution < -0.4 is 9.47 Å². The summed E-state index contributed by atoms with van der Waals surface area (Å²) in [6.45, 7) is 0.137. The van der Waals surface area contributed by atoms with Gasteiger partial charge in [-0.25, -0.2) is 4.79 Å². The molecule has 0 saturated heterocycles. The van der Waals surface area contributed by atoms with Crippen molar-refractivity contribution in [2.75, 3.05) is 13.7 Å². The number of esters is 1. The van der Waals surface area contributed by atoms with Gasteiger partial charge in [0.1, 0.15) is 22.8 Å². The molecule has 1 heterocycles. The van der Waals surface area contributed by atoms with Gasteiger partial charge in [0.05, 0.1) is 13.3 Å². The summed E-state index contributed by atoms with van der Waals surface area (Å²) in [5.41, 5.74) is 1.24. The number of amides is 1. The predicted molar refractivity (Wildman–Crippen MR) is 118 cm³/mol. The number of methoxy groups -OCH3 is 1. The monoisotopic (exact) mass is 432 g/mol. The number of carbonyl (C=O) groups is 2. The maximum absolute atomic E-state index is 12.8. The number of aromatic nitrogens is 1. The summed E-state index contributed by atoms with van der Waals surface area (Å²) in [5.74, 6) is 0.776. The van der Waals surface area contributed by atoms with E-state index in [4.69, 9.17) is 14.2 Å². The molecule has 1 amide bonds. The van der Waals surface area contributed by atoms with Crippen molar-refractivity contribution >= 4 is 11.9 Å². The van der Waals surface area contributed by atoms with Gasteiger partial charge in [0.2, 0.25) is 0 Å². The van der Waals surface area contributed by atoms with Crippen LogP contribution in [0.1, 0.15) is 28.8 Å². The van der Waals surface area contributed by atoms with E-state index >= 15 is 0 Å². The van der Waals surface area contributed by atoms with Crippen LogP contribution >= 0.6 is 0 Å². The fourth-order valence-corrected chi connectivity index (χ4v) is 3.28. The van der Waals surface area contributed by atoms with Crippen molar-refractivity contribution in [2.24, 2.45) is 0 Å². The maximum Gasteiger partial charge on any atom is 0.342 e. The molecule has 1 fully saturated rings. The zero-order valence-electron chi connectivity index (χ0n) is 17.8. The predicted octanol–water partition coefficient (Wildman–Crippen LogP) is 4.23. The quantitative estimate of drug-likeness (QED) is 0.471. The van der Waals surface area contributed by atoms with Crippen molar-refractivity contribution in [3.8, 4) is 17.2 Å². The first-order valence-electron chi connectivity index (χ1n) is 10.4. The average Bonchev–Trinajstić information content (AvgIpc) is 3.67. The third-order valence-corrected chi connectivity index (χ3v) is 5.12. The highest BCUT2D eigenvalue weighted by Gasteiger charge is 2.33. The molecule has 4 rings (SSSR count). The average molecular weight is 432 g/mol. The summed E-state index contributed by atoms with van der Waals surface area (Å²) < 4.78 is 16.3. The molecular formula is C25H24N2O5. The molecule has 0 unspecified atom stereocenters. The minimum Gasteiger partial charge on any atom is -0.497 e. The molecule has 0 aliphatic heterocycles. The number of benzene rings is 2. The van der Waals surface area contributed by atoms with Crippen molar-refractivity contribution in [3.63, 3.8) is 0 Å². The SMILES string of the molecule is COc1ccc(CN(C(=O)COC(=O)c2ccccc2Oc2cccnc2)C2CC2)cc1. The Kier molecular flexibility index (Phi) is 6.65. The van der Waals surface area contributed by atoms with Gasteiger partial charge in [0.15, 0.2) is 6.61 Å². The summed E-state index contributed by atoms with van der Waals surface area (Å²) in [7, 11) is 1.61. The van der Waals surface area contributed by atoms with Gasteiger partial charge in [-0.1, -0.05) is 24.3 Å². The second kappa shape index (κ2) is 9.96. The Labute approximate surface area is 186 Å². The summed E-state index contributed by atoms with van der Waals surface area (Å²) in [4.78, 5) is 31.3. The highest BCUT2D eigenvalue weighted by Crippen LogP contribution is 2.29. The molecule has 0 bridgehead atoms. The minimum atomic E-state index is -0.613. The first kappa shape index (κ1) is 21.4. The van der Waals surface area contributed by atoms with Crippen LogP contribution in [0, 0.1) is 0 Å². The van der Waals surface area contributed by atoms with Crippen molar-refractivity contribution in [1.82, 2.24) is 9.88 Å². The van der Waals surface area contributed by atoms with Crippen molar-refractivity contribution in [3.05, 3.63) is 84.2 Å². The highest BCUT2D eigenvalue weighted by atomic mass is 16.5. The number of hydrogen-bond donors (Lipinski definition) is 0. The smallest absolute Gasteiger partial charge is 0.342 e. The van der Waals surface area contributed by atoms with Gasteiger partial charge in [0, 0.05) is 18.8 Å². The Morgan fingerprint density at radius 2 is 1.78 bits per heavy atom. The highest BCUT2D eigenvalue weighted by molar-refractivity contribution is 5.94. The molecule has 0 N–H and O–H groups in total. The van der Waals surface area contributed by atoms with Crippen LogP contribution in [0.3, 0.4) is 0 Å². The number of ether oxygens (including phenoxy) is 3. The second-order valence-corrected chi connectivity index (χ2v) is 7.46. The van der Waals surface area contributed by atoms with Crippen molar-refractivity contribution in [2.45, 2.75) is 25.4 Å².